The van der Waals surface area contributed by atoms with Crippen molar-refractivity contribution in [2.45, 2.75) is 18.6 Å². The van der Waals surface area contributed by atoms with E-state index in [0.717, 1.165) is 4.09 Å². The molecule has 1 heterocycles. The van der Waals surface area contributed by atoms with Gasteiger partial charge in [-0.2, -0.15) is 4.09 Å². The maximum atomic E-state index is 11.1. The SMILES string of the molecule is CCn1nc(SC)n(Cl)c1=O. The largest absolute Gasteiger partial charge is 0.361 e. The van der Waals surface area contributed by atoms with Crippen LogP contribution in [0.3, 0.4) is 0 Å². The molecule has 0 bridgehead atoms. The predicted molar refractivity (Wildman–Crippen MR) is 45.2 cm³/mol. The molecule has 62 valence electrons. The van der Waals surface area contributed by atoms with Crippen LogP contribution in [0.2, 0.25) is 0 Å². The monoisotopic (exact) mass is 193 g/mol. The molecule has 6 heteroatoms. The van der Waals surface area contributed by atoms with E-state index in [0.29, 0.717) is 11.7 Å². The molecule has 0 amide bonds. The second-order valence-electron chi connectivity index (χ2n) is 1.87. The van der Waals surface area contributed by atoms with E-state index in [4.69, 9.17) is 11.8 Å². The Morgan fingerprint density at radius 3 is 2.64 bits per heavy atom. The molecule has 0 saturated heterocycles. The van der Waals surface area contributed by atoms with Gasteiger partial charge in [0.1, 0.15) is 0 Å². The summed E-state index contributed by atoms with van der Waals surface area (Å²) in [5.74, 6) is 0. The highest BCUT2D eigenvalue weighted by Crippen LogP contribution is 2.09. The zero-order chi connectivity index (χ0) is 8.43. The third kappa shape index (κ3) is 1.44. The Bertz CT molecular complexity index is 305. The quantitative estimate of drug-likeness (QED) is 0.652. The number of rotatable bonds is 2. The van der Waals surface area contributed by atoms with Crippen molar-refractivity contribution in [3.05, 3.63) is 10.5 Å². The fourth-order valence-corrected chi connectivity index (χ4v) is 1.44. The third-order valence-electron chi connectivity index (χ3n) is 1.25. The van der Waals surface area contributed by atoms with Crippen LogP contribution in [0, 0.1) is 0 Å². The number of halogens is 1. The normalized spacial score (nSPS) is 10.5. The van der Waals surface area contributed by atoms with Gasteiger partial charge in [0.15, 0.2) is 0 Å². The Hall–Kier alpha value is -0.420. The molecule has 0 unspecified atom stereocenters. The van der Waals surface area contributed by atoms with Crippen molar-refractivity contribution in [1.29, 1.82) is 0 Å². The molecule has 1 aromatic heterocycles. The predicted octanol–water partition coefficient (Wildman–Crippen LogP) is 0.788. The molecule has 0 N–H and O–H groups in total. The molecular weight excluding hydrogens is 186 g/mol. The van der Waals surface area contributed by atoms with Gasteiger partial charge in [0, 0.05) is 18.3 Å². The van der Waals surface area contributed by atoms with Crippen LogP contribution in [0.4, 0.5) is 0 Å². The number of hydrogen-bond donors (Lipinski definition) is 0. The molecule has 1 aromatic rings. The first-order chi connectivity index (χ1) is 5.20. The smallest absolute Gasteiger partial charge is 0.245 e. The lowest BCUT2D eigenvalue weighted by Gasteiger charge is -1.86. The molecule has 0 atom stereocenters. The molecule has 0 fully saturated rings. The average Bonchev–Trinajstić information content (AvgIpc) is 2.30. The van der Waals surface area contributed by atoms with Gasteiger partial charge in [-0.3, -0.25) is 0 Å². The second-order valence-corrected chi connectivity index (χ2v) is 2.98. The van der Waals surface area contributed by atoms with Crippen molar-refractivity contribution >= 4 is 23.5 Å². The van der Waals surface area contributed by atoms with E-state index >= 15 is 0 Å². The number of aromatic nitrogens is 3. The van der Waals surface area contributed by atoms with Gasteiger partial charge in [-0.25, -0.2) is 9.48 Å². The molecular formula is C5H8ClN3OS. The van der Waals surface area contributed by atoms with E-state index in [1.165, 1.54) is 16.4 Å². The number of hydrogen-bond acceptors (Lipinski definition) is 3. The number of thioether (sulfide) groups is 1. The lowest BCUT2D eigenvalue weighted by atomic mass is 10.8. The summed E-state index contributed by atoms with van der Waals surface area (Å²) in [5, 5.41) is 4.47. The molecule has 0 spiro atoms. The van der Waals surface area contributed by atoms with Crippen molar-refractivity contribution < 1.29 is 0 Å². The van der Waals surface area contributed by atoms with Crippen LogP contribution in [0.25, 0.3) is 0 Å². The molecule has 1 rings (SSSR count). The summed E-state index contributed by atoms with van der Waals surface area (Å²) >= 11 is 6.94. The molecule has 0 aliphatic heterocycles. The summed E-state index contributed by atoms with van der Waals surface area (Å²) < 4.78 is 2.34. The highest BCUT2D eigenvalue weighted by molar-refractivity contribution is 7.98. The van der Waals surface area contributed by atoms with Crippen LogP contribution < -0.4 is 5.69 Å². The first-order valence-electron chi connectivity index (χ1n) is 3.10. The lowest BCUT2D eigenvalue weighted by molar-refractivity contribution is 0.621. The topological polar surface area (TPSA) is 39.8 Å². The highest BCUT2D eigenvalue weighted by atomic mass is 35.5. The zero-order valence-electron chi connectivity index (χ0n) is 6.24. The summed E-state index contributed by atoms with van der Waals surface area (Å²) in [5.41, 5.74) is -0.279. The van der Waals surface area contributed by atoms with Crippen LogP contribution in [-0.4, -0.2) is 20.1 Å². The van der Waals surface area contributed by atoms with E-state index < -0.39 is 0 Å². The van der Waals surface area contributed by atoms with Crippen molar-refractivity contribution in [3.63, 3.8) is 0 Å². The molecule has 0 aliphatic carbocycles. The van der Waals surface area contributed by atoms with Crippen molar-refractivity contribution in [3.8, 4) is 0 Å². The van der Waals surface area contributed by atoms with Crippen LogP contribution in [0.15, 0.2) is 9.95 Å². The van der Waals surface area contributed by atoms with Gasteiger partial charge in [0.2, 0.25) is 5.16 Å². The van der Waals surface area contributed by atoms with Gasteiger partial charge >= 0.3 is 5.69 Å². The maximum absolute atomic E-state index is 11.1. The fourth-order valence-electron chi connectivity index (χ4n) is 0.695. The van der Waals surface area contributed by atoms with E-state index in [1.807, 2.05) is 13.2 Å². The Balaban J connectivity index is 3.23. The van der Waals surface area contributed by atoms with E-state index in [2.05, 4.69) is 5.10 Å². The maximum Gasteiger partial charge on any atom is 0.361 e. The zero-order valence-corrected chi connectivity index (χ0v) is 7.82. The Morgan fingerprint density at radius 1 is 1.73 bits per heavy atom. The van der Waals surface area contributed by atoms with E-state index in [9.17, 15) is 4.79 Å². The fraction of sp³-hybridized carbons (Fsp3) is 0.600. The minimum atomic E-state index is -0.279. The Labute approximate surface area is 73.3 Å². The van der Waals surface area contributed by atoms with Crippen LogP contribution in [0.5, 0.6) is 0 Å². The van der Waals surface area contributed by atoms with Crippen molar-refractivity contribution in [2.75, 3.05) is 6.26 Å². The lowest BCUT2D eigenvalue weighted by Crippen LogP contribution is -2.19. The summed E-state index contributed by atoms with van der Waals surface area (Å²) in [7, 11) is 0. The average molecular weight is 194 g/mol. The standard InChI is InChI=1S/C5H8ClN3OS/c1-3-8-5(10)9(6)4(7-8)11-2/h3H2,1-2H3. The molecule has 0 aliphatic rings. The minimum Gasteiger partial charge on any atom is -0.245 e. The molecule has 11 heavy (non-hydrogen) atoms. The Morgan fingerprint density at radius 2 is 2.36 bits per heavy atom. The Kier molecular flexibility index (Phi) is 2.62. The number of aryl methyl sites for hydroxylation is 1. The molecule has 0 saturated carbocycles. The minimum absolute atomic E-state index is 0.279. The van der Waals surface area contributed by atoms with Gasteiger partial charge in [-0.1, -0.05) is 11.8 Å². The van der Waals surface area contributed by atoms with Gasteiger partial charge in [0.05, 0.1) is 0 Å². The van der Waals surface area contributed by atoms with Gasteiger partial charge in [-0.15, -0.1) is 5.10 Å². The molecule has 0 aromatic carbocycles. The summed E-state index contributed by atoms with van der Waals surface area (Å²) in [6.45, 7) is 2.39. The molecule has 4 nitrogen and oxygen atoms in total. The highest BCUT2D eigenvalue weighted by Gasteiger charge is 2.08. The first kappa shape index (κ1) is 8.67. The van der Waals surface area contributed by atoms with E-state index in [-0.39, 0.29) is 5.69 Å². The van der Waals surface area contributed by atoms with Crippen molar-refractivity contribution in [1.82, 2.24) is 13.9 Å². The van der Waals surface area contributed by atoms with Crippen LogP contribution in [-0.2, 0) is 6.54 Å². The number of nitrogens with zero attached hydrogens (tertiary/aromatic N) is 3. The van der Waals surface area contributed by atoms with Crippen LogP contribution >= 0.6 is 23.5 Å². The summed E-state index contributed by atoms with van der Waals surface area (Å²) in [4.78, 5) is 11.1. The van der Waals surface area contributed by atoms with Gasteiger partial charge < -0.3 is 0 Å². The summed E-state index contributed by atoms with van der Waals surface area (Å²) in [6.07, 6.45) is 1.82. The van der Waals surface area contributed by atoms with Gasteiger partial charge in [0.25, 0.3) is 0 Å². The van der Waals surface area contributed by atoms with Gasteiger partial charge in [-0.05, 0) is 13.2 Å². The summed E-state index contributed by atoms with van der Waals surface area (Å²) in [6, 6.07) is 0. The first-order valence-corrected chi connectivity index (χ1v) is 4.67. The third-order valence-corrected chi connectivity index (χ3v) is 2.28. The second kappa shape index (κ2) is 3.32. The molecule has 0 radical (unpaired) electrons. The van der Waals surface area contributed by atoms with Crippen LogP contribution in [0.1, 0.15) is 6.92 Å². The van der Waals surface area contributed by atoms with Crippen molar-refractivity contribution in [2.24, 2.45) is 0 Å². The van der Waals surface area contributed by atoms with E-state index in [1.54, 1.807) is 0 Å².